The van der Waals surface area contributed by atoms with Crippen LogP contribution in [0.25, 0.3) is 0 Å². The lowest BCUT2D eigenvalue weighted by Crippen LogP contribution is -2.35. The Morgan fingerprint density at radius 2 is 1.86 bits per heavy atom. The molecule has 2 N–H and O–H groups in total. The van der Waals surface area contributed by atoms with Crippen LogP contribution in [0, 0.1) is 0 Å². The molecule has 120 valence electrons. The van der Waals surface area contributed by atoms with Gasteiger partial charge in [-0.05, 0) is 37.6 Å². The molecule has 1 unspecified atom stereocenters. The molecule has 0 aliphatic rings. The van der Waals surface area contributed by atoms with Gasteiger partial charge < -0.3 is 5.32 Å². The maximum absolute atomic E-state index is 12.2. The minimum absolute atomic E-state index is 0.197. The molecule has 0 aromatic heterocycles. The smallest absolute Gasteiger partial charge is 0.301 e. The average Bonchev–Trinajstić information content (AvgIpc) is 2.45. The molecule has 0 fully saturated rings. The highest BCUT2D eigenvalue weighted by atomic mass is 32.2. The molecule has 1 atom stereocenters. The van der Waals surface area contributed by atoms with Gasteiger partial charge in [0.2, 0.25) is 0 Å². The molecule has 6 heteroatoms. The van der Waals surface area contributed by atoms with Gasteiger partial charge in [-0.1, -0.05) is 32.9 Å². The Morgan fingerprint density at radius 1 is 1.19 bits per heavy atom. The first kappa shape index (κ1) is 17.9. The number of benzene rings is 1. The lowest BCUT2D eigenvalue weighted by atomic mass is 10.1. The van der Waals surface area contributed by atoms with Crippen LogP contribution in [0.4, 0.5) is 5.69 Å². The van der Waals surface area contributed by atoms with Crippen LogP contribution in [0.15, 0.2) is 24.3 Å². The third kappa shape index (κ3) is 5.30. The summed E-state index contributed by atoms with van der Waals surface area (Å²) < 4.78 is 28.5. The predicted octanol–water partition coefficient (Wildman–Crippen LogP) is 2.75. The van der Waals surface area contributed by atoms with Gasteiger partial charge in [0.25, 0.3) is 0 Å². The van der Waals surface area contributed by atoms with Crippen LogP contribution in [0.1, 0.15) is 45.7 Å². The fourth-order valence-electron chi connectivity index (χ4n) is 2.13. The van der Waals surface area contributed by atoms with Crippen LogP contribution in [0.2, 0.25) is 0 Å². The molecule has 0 aliphatic carbocycles. The van der Waals surface area contributed by atoms with Gasteiger partial charge in [0.05, 0.1) is 5.69 Å². The minimum Gasteiger partial charge on any atom is -0.310 e. The zero-order valence-corrected chi connectivity index (χ0v) is 14.2. The Kier molecular flexibility index (Phi) is 7.14. The van der Waals surface area contributed by atoms with Crippen molar-refractivity contribution in [3.05, 3.63) is 29.8 Å². The van der Waals surface area contributed by atoms with Crippen LogP contribution in [-0.4, -0.2) is 32.4 Å². The first-order chi connectivity index (χ1) is 9.94. The summed E-state index contributed by atoms with van der Waals surface area (Å²) in [5, 5.41) is 3.40. The predicted molar refractivity (Wildman–Crippen MR) is 88.6 cm³/mol. The van der Waals surface area contributed by atoms with E-state index < -0.39 is 10.2 Å². The zero-order chi connectivity index (χ0) is 15.9. The van der Waals surface area contributed by atoms with E-state index >= 15 is 0 Å². The molecule has 0 amide bonds. The van der Waals surface area contributed by atoms with Gasteiger partial charge in [-0.25, -0.2) is 0 Å². The van der Waals surface area contributed by atoms with E-state index in [-0.39, 0.29) is 6.04 Å². The van der Waals surface area contributed by atoms with Crippen molar-refractivity contribution in [1.29, 1.82) is 0 Å². The van der Waals surface area contributed by atoms with Crippen LogP contribution >= 0.6 is 0 Å². The first-order valence-corrected chi connectivity index (χ1v) is 8.99. The van der Waals surface area contributed by atoms with Crippen molar-refractivity contribution in [3.8, 4) is 0 Å². The Bertz CT molecular complexity index is 527. The van der Waals surface area contributed by atoms with E-state index in [1.807, 2.05) is 32.0 Å². The normalized spacial score (nSPS) is 13.4. The largest absolute Gasteiger partial charge is 0.310 e. The average molecular weight is 313 g/mol. The standard InChI is InChI=1S/C15H27N3O2S/c1-5-11-16-13(4)14-9-8-10-15(12-14)17-21(19,20)18(6-2)7-3/h8-10,12-13,16-17H,5-7,11H2,1-4H3. The SMILES string of the molecule is CCCNC(C)c1cccc(NS(=O)(=O)N(CC)CC)c1. The maximum atomic E-state index is 12.2. The van der Waals surface area contributed by atoms with Gasteiger partial charge >= 0.3 is 10.2 Å². The number of rotatable bonds is 9. The van der Waals surface area contributed by atoms with Gasteiger partial charge in [-0.2, -0.15) is 12.7 Å². The van der Waals surface area contributed by atoms with E-state index in [2.05, 4.69) is 23.9 Å². The van der Waals surface area contributed by atoms with Crippen LogP contribution in [0.3, 0.4) is 0 Å². The molecule has 0 saturated carbocycles. The van der Waals surface area contributed by atoms with E-state index in [0.29, 0.717) is 18.8 Å². The molecule has 0 aliphatic heterocycles. The molecule has 1 rings (SSSR count). The molecule has 21 heavy (non-hydrogen) atoms. The second kappa shape index (κ2) is 8.36. The van der Waals surface area contributed by atoms with E-state index in [1.165, 1.54) is 4.31 Å². The van der Waals surface area contributed by atoms with Crippen molar-refractivity contribution < 1.29 is 8.42 Å². The number of anilines is 1. The second-order valence-electron chi connectivity index (χ2n) is 4.99. The highest BCUT2D eigenvalue weighted by Crippen LogP contribution is 2.19. The van der Waals surface area contributed by atoms with Crippen molar-refractivity contribution in [2.24, 2.45) is 0 Å². The van der Waals surface area contributed by atoms with Crippen molar-refractivity contribution in [2.75, 3.05) is 24.4 Å². The topological polar surface area (TPSA) is 61.4 Å². The van der Waals surface area contributed by atoms with E-state index in [9.17, 15) is 8.42 Å². The minimum atomic E-state index is -3.47. The van der Waals surface area contributed by atoms with E-state index in [1.54, 1.807) is 6.07 Å². The molecule has 0 heterocycles. The fourth-order valence-corrected chi connectivity index (χ4v) is 3.36. The third-order valence-electron chi connectivity index (χ3n) is 3.38. The molecule has 1 aromatic carbocycles. The summed E-state index contributed by atoms with van der Waals surface area (Å²) in [5.41, 5.74) is 1.67. The lowest BCUT2D eigenvalue weighted by molar-refractivity contribution is 0.449. The van der Waals surface area contributed by atoms with Crippen LogP contribution in [-0.2, 0) is 10.2 Å². The summed E-state index contributed by atoms with van der Waals surface area (Å²) >= 11 is 0. The van der Waals surface area contributed by atoms with Gasteiger partial charge in [0.15, 0.2) is 0 Å². The van der Waals surface area contributed by atoms with Gasteiger partial charge in [-0.3, -0.25) is 4.72 Å². The molecule has 1 aromatic rings. The number of hydrogen-bond donors (Lipinski definition) is 2. The molecular formula is C15H27N3O2S. The summed E-state index contributed by atoms with van der Waals surface area (Å²) in [4.78, 5) is 0. The number of nitrogens with zero attached hydrogens (tertiary/aromatic N) is 1. The van der Waals surface area contributed by atoms with Crippen molar-refractivity contribution >= 4 is 15.9 Å². The van der Waals surface area contributed by atoms with E-state index in [4.69, 9.17) is 0 Å². The summed E-state index contributed by atoms with van der Waals surface area (Å²) in [6.07, 6.45) is 1.07. The highest BCUT2D eigenvalue weighted by Gasteiger charge is 2.18. The van der Waals surface area contributed by atoms with Crippen LogP contribution < -0.4 is 10.0 Å². The maximum Gasteiger partial charge on any atom is 0.301 e. The lowest BCUT2D eigenvalue weighted by Gasteiger charge is -2.20. The molecular weight excluding hydrogens is 286 g/mol. The Morgan fingerprint density at radius 3 is 2.43 bits per heavy atom. The fraction of sp³-hybridized carbons (Fsp3) is 0.600. The molecule has 0 radical (unpaired) electrons. The third-order valence-corrected chi connectivity index (χ3v) is 5.07. The Balaban J connectivity index is 2.86. The Hall–Kier alpha value is -1.11. The summed E-state index contributed by atoms with van der Waals surface area (Å²) in [5.74, 6) is 0. The van der Waals surface area contributed by atoms with E-state index in [0.717, 1.165) is 18.5 Å². The highest BCUT2D eigenvalue weighted by molar-refractivity contribution is 7.90. The molecule has 5 nitrogen and oxygen atoms in total. The number of nitrogens with one attached hydrogen (secondary N) is 2. The quantitative estimate of drug-likeness (QED) is 0.737. The van der Waals surface area contributed by atoms with Crippen molar-refractivity contribution in [1.82, 2.24) is 9.62 Å². The van der Waals surface area contributed by atoms with Crippen molar-refractivity contribution in [2.45, 2.75) is 40.2 Å². The monoisotopic (exact) mass is 313 g/mol. The Labute approximate surface area is 128 Å². The molecule has 0 saturated heterocycles. The van der Waals surface area contributed by atoms with Crippen molar-refractivity contribution in [3.63, 3.8) is 0 Å². The summed E-state index contributed by atoms with van der Waals surface area (Å²) in [6.45, 7) is 9.71. The molecule has 0 bridgehead atoms. The number of hydrogen-bond acceptors (Lipinski definition) is 3. The summed E-state index contributed by atoms with van der Waals surface area (Å²) in [6, 6.07) is 7.73. The summed E-state index contributed by atoms with van der Waals surface area (Å²) in [7, 11) is -3.47. The van der Waals surface area contributed by atoms with Gasteiger partial charge in [0.1, 0.15) is 0 Å². The first-order valence-electron chi connectivity index (χ1n) is 7.55. The zero-order valence-electron chi connectivity index (χ0n) is 13.4. The van der Waals surface area contributed by atoms with Gasteiger partial charge in [-0.15, -0.1) is 0 Å². The van der Waals surface area contributed by atoms with Gasteiger partial charge in [0, 0.05) is 19.1 Å². The second-order valence-corrected chi connectivity index (χ2v) is 6.66. The van der Waals surface area contributed by atoms with Crippen LogP contribution in [0.5, 0.6) is 0 Å². The molecule has 0 spiro atoms.